The van der Waals surface area contributed by atoms with Gasteiger partial charge in [0.05, 0.1) is 18.0 Å². The minimum absolute atomic E-state index is 0.786. The smallest absolute Gasteiger partial charge is 0.0637 e. The minimum Gasteiger partial charge on any atom is -0.383 e. The second kappa shape index (κ2) is 4.33. The quantitative estimate of drug-likeness (QED) is 0.786. The Morgan fingerprint density at radius 2 is 2.29 bits per heavy atom. The van der Waals surface area contributed by atoms with Crippen molar-refractivity contribution in [2.24, 2.45) is 0 Å². The van der Waals surface area contributed by atoms with Crippen LogP contribution in [0, 0.1) is 0 Å². The normalized spacial score (nSPS) is 14.8. The summed E-state index contributed by atoms with van der Waals surface area (Å²) < 4.78 is 5.10. The van der Waals surface area contributed by atoms with Crippen LogP contribution in [0.3, 0.4) is 0 Å². The van der Waals surface area contributed by atoms with Gasteiger partial charge in [0.2, 0.25) is 0 Å². The molecular formula is C11H16N2O. The number of methoxy groups -OCH3 is 1. The van der Waals surface area contributed by atoms with Crippen LogP contribution in [-0.4, -0.2) is 33.4 Å². The van der Waals surface area contributed by atoms with Gasteiger partial charge in [-0.2, -0.15) is 0 Å². The van der Waals surface area contributed by atoms with Crippen molar-refractivity contribution in [2.75, 3.05) is 43.6 Å². The van der Waals surface area contributed by atoms with Gasteiger partial charge < -0.3 is 15.0 Å². The highest BCUT2D eigenvalue weighted by Gasteiger charge is 2.14. The van der Waals surface area contributed by atoms with Crippen LogP contribution in [0.15, 0.2) is 24.3 Å². The van der Waals surface area contributed by atoms with Gasteiger partial charge >= 0.3 is 0 Å². The number of ether oxygens (including phenoxy) is 1. The molecule has 2 rings (SSSR count). The zero-order valence-corrected chi connectivity index (χ0v) is 8.49. The Morgan fingerprint density at radius 1 is 1.43 bits per heavy atom. The van der Waals surface area contributed by atoms with Crippen molar-refractivity contribution in [3.05, 3.63) is 24.3 Å². The molecule has 0 aromatic heterocycles. The van der Waals surface area contributed by atoms with E-state index in [1.807, 2.05) is 0 Å². The molecule has 1 aromatic rings. The van der Waals surface area contributed by atoms with E-state index in [4.69, 9.17) is 4.74 Å². The molecule has 0 radical (unpaired) electrons. The number of nitrogens with zero attached hydrogens (tertiary/aromatic N) is 1. The van der Waals surface area contributed by atoms with E-state index in [2.05, 4.69) is 34.5 Å². The molecule has 0 saturated heterocycles. The molecule has 1 heterocycles. The van der Waals surface area contributed by atoms with E-state index in [0.29, 0.717) is 0 Å². The fourth-order valence-corrected chi connectivity index (χ4v) is 1.78. The average molecular weight is 192 g/mol. The second-order valence-corrected chi connectivity index (χ2v) is 3.42. The Balaban J connectivity index is 2.14. The van der Waals surface area contributed by atoms with Gasteiger partial charge in [0.15, 0.2) is 0 Å². The fourth-order valence-electron chi connectivity index (χ4n) is 1.78. The van der Waals surface area contributed by atoms with Crippen LogP contribution >= 0.6 is 0 Å². The first-order valence-corrected chi connectivity index (χ1v) is 4.98. The van der Waals surface area contributed by atoms with Gasteiger partial charge in [-0.25, -0.2) is 0 Å². The van der Waals surface area contributed by atoms with Crippen LogP contribution in [0.2, 0.25) is 0 Å². The van der Waals surface area contributed by atoms with Crippen LogP contribution in [-0.2, 0) is 4.74 Å². The first-order valence-electron chi connectivity index (χ1n) is 4.98. The van der Waals surface area contributed by atoms with Crippen LogP contribution in [0.5, 0.6) is 0 Å². The van der Waals surface area contributed by atoms with E-state index in [1.165, 1.54) is 11.4 Å². The summed E-state index contributed by atoms with van der Waals surface area (Å²) in [7, 11) is 1.74. The Bertz CT molecular complexity index is 301. The number of hydrogen-bond donors (Lipinski definition) is 1. The van der Waals surface area contributed by atoms with Crippen LogP contribution in [0.4, 0.5) is 11.4 Å². The summed E-state index contributed by atoms with van der Waals surface area (Å²) in [6.07, 6.45) is 0. The predicted molar refractivity (Wildman–Crippen MR) is 59.0 cm³/mol. The molecule has 1 aromatic carbocycles. The van der Waals surface area contributed by atoms with E-state index in [9.17, 15) is 0 Å². The Kier molecular flexibility index (Phi) is 2.89. The minimum atomic E-state index is 0.786. The molecule has 3 nitrogen and oxygen atoms in total. The molecule has 0 unspecified atom stereocenters. The van der Waals surface area contributed by atoms with E-state index >= 15 is 0 Å². The molecule has 0 saturated carbocycles. The van der Waals surface area contributed by atoms with Gasteiger partial charge in [0, 0.05) is 26.7 Å². The van der Waals surface area contributed by atoms with Crippen molar-refractivity contribution in [3.63, 3.8) is 0 Å². The second-order valence-electron chi connectivity index (χ2n) is 3.42. The van der Waals surface area contributed by atoms with Crippen molar-refractivity contribution in [1.29, 1.82) is 0 Å². The summed E-state index contributed by atoms with van der Waals surface area (Å²) in [6, 6.07) is 8.41. The summed E-state index contributed by atoms with van der Waals surface area (Å²) in [6.45, 7) is 3.82. The molecule has 14 heavy (non-hydrogen) atoms. The zero-order valence-electron chi connectivity index (χ0n) is 8.49. The van der Waals surface area contributed by atoms with Crippen molar-refractivity contribution < 1.29 is 4.74 Å². The molecule has 0 fully saturated rings. The standard InChI is InChI=1S/C11H16N2O/c1-14-9-8-13-7-6-12-10-4-2-3-5-11(10)13/h2-5,12H,6-9H2,1H3. The Labute approximate surface area is 84.7 Å². The molecule has 0 atom stereocenters. The zero-order chi connectivity index (χ0) is 9.80. The highest BCUT2D eigenvalue weighted by molar-refractivity contribution is 5.71. The maximum absolute atomic E-state index is 5.10. The van der Waals surface area contributed by atoms with Gasteiger partial charge in [0.25, 0.3) is 0 Å². The third kappa shape index (κ3) is 1.82. The number of benzene rings is 1. The lowest BCUT2D eigenvalue weighted by Crippen LogP contribution is -2.36. The van der Waals surface area contributed by atoms with Crippen molar-refractivity contribution in [1.82, 2.24) is 0 Å². The van der Waals surface area contributed by atoms with Crippen molar-refractivity contribution >= 4 is 11.4 Å². The molecule has 0 bridgehead atoms. The SMILES string of the molecule is COCCN1CCNc2ccccc21. The monoisotopic (exact) mass is 192 g/mol. The molecule has 3 heteroatoms. The largest absolute Gasteiger partial charge is 0.383 e. The molecule has 76 valence electrons. The summed E-state index contributed by atoms with van der Waals surface area (Å²) in [5.74, 6) is 0. The van der Waals surface area contributed by atoms with Crippen molar-refractivity contribution in [3.8, 4) is 0 Å². The summed E-state index contributed by atoms with van der Waals surface area (Å²) >= 11 is 0. The Morgan fingerprint density at radius 3 is 3.14 bits per heavy atom. The van der Waals surface area contributed by atoms with E-state index in [0.717, 1.165) is 26.2 Å². The summed E-state index contributed by atoms with van der Waals surface area (Å²) in [5.41, 5.74) is 2.52. The average Bonchev–Trinajstić information content (AvgIpc) is 2.26. The van der Waals surface area contributed by atoms with Crippen LogP contribution in [0.1, 0.15) is 0 Å². The first kappa shape index (κ1) is 9.34. The molecule has 0 amide bonds. The molecule has 1 N–H and O–H groups in total. The summed E-state index contributed by atoms with van der Waals surface area (Å²) in [4.78, 5) is 2.36. The van der Waals surface area contributed by atoms with Gasteiger partial charge in [0.1, 0.15) is 0 Å². The lowest BCUT2D eigenvalue weighted by molar-refractivity contribution is 0.205. The number of fused-ring (bicyclic) bond motifs is 1. The summed E-state index contributed by atoms with van der Waals surface area (Å²) in [5, 5.41) is 3.39. The molecule has 1 aliphatic heterocycles. The van der Waals surface area contributed by atoms with E-state index in [1.54, 1.807) is 7.11 Å². The number of anilines is 2. The predicted octanol–water partition coefficient (Wildman–Crippen LogP) is 1.56. The lowest BCUT2D eigenvalue weighted by atomic mass is 10.2. The number of para-hydroxylation sites is 2. The fraction of sp³-hybridized carbons (Fsp3) is 0.455. The molecule has 1 aliphatic rings. The van der Waals surface area contributed by atoms with Crippen LogP contribution in [0.25, 0.3) is 0 Å². The van der Waals surface area contributed by atoms with Gasteiger partial charge in [-0.1, -0.05) is 12.1 Å². The number of nitrogens with one attached hydrogen (secondary N) is 1. The van der Waals surface area contributed by atoms with Gasteiger partial charge in [-0.15, -0.1) is 0 Å². The first-order chi connectivity index (χ1) is 6.92. The highest BCUT2D eigenvalue weighted by Crippen LogP contribution is 2.27. The lowest BCUT2D eigenvalue weighted by Gasteiger charge is -2.31. The van der Waals surface area contributed by atoms with E-state index in [-0.39, 0.29) is 0 Å². The maximum Gasteiger partial charge on any atom is 0.0637 e. The number of hydrogen-bond acceptors (Lipinski definition) is 3. The Hall–Kier alpha value is -1.22. The topological polar surface area (TPSA) is 24.5 Å². The van der Waals surface area contributed by atoms with Gasteiger partial charge in [-0.05, 0) is 12.1 Å². The molecule has 0 aliphatic carbocycles. The highest BCUT2D eigenvalue weighted by atomic mass is 16.5. The number of rotatable bonds is 3. The van der Waals surface area contributed by atoms with Crippen molar-refractivity contribution in [2.45, 2.75) is 0 Å². The third-order valence-corrected chi connectivity index (χ3v) is 2.51. The van der Waals surface area contributed by atoms with E-state index < -0.39 is 0 Å². The molecule has 0 spiro atoms. The maximum atomic E-state index is 5.10. The van der Waals surface area contributed by atoms with Gasteiger partial charge in [-0.3, -0.25) is 0 Å². The molecular weight excluding hydrogens is 176 g/mol. The third-order valence-electron chi connectivity index (χ3n) is 2.51. The van der Waals surface area contributed by atoms with Crippen LogP contribution < -0.4 is 10.2 Å².